The van der Waals surface area contributed by atoms with Crippen LogP contribution in [0.3, 0.4) is 0 Å². The number of nitrogens with two attached hydrogens (primary N) is 1. The van der Waals surface area contributed by atoms with E-state index in [4.69, 9.17) is 5.73 Å². The zero-order chi connectivity index (χ0) is 9.84. The van der Waals surface area contributed by atoms with Gasteiger partial charge < -0.3 is 16.0 Å². The molecule has 1 fully saturated rings. The molecule has 0 aromatic heterocycles. The Balaban J connectivity index is 2.72. The molecule has 1 amide bonds. The highest BCUT2D eigenvalue weighted by atomic mass is 16.2. The molecule has 4 nitrogen and oxygen atoms in total. The quantitative estimate of drug-likeness (QED) is 0.562. The smallest absolute Gasteiger partial charge is 0.246 e. The first-order valence-corrected chi connectivity index (χ1v) is 4.25. The Hall–Kier alpha value is -1.29. The average Bonchev–Trinajstić information content (AvgIpc) is 2.16. The lowest BCUT2D eigenvalue weighted by molar-refractivity contribution is -0.128. The number of nitrogens with one attached hydrogen (secondary N) is 1. The van der Waals surface area contributed by atoms with Gasteiger partial charge in [0, 0.05) is 25.3 Å². The minimum atomic E-state index is -0.0979. The third-order valence-electron chi connectivity index (χ3n) is 2.13. The summed E-state index contributed by atoms with van der Waals surface area (Å²) in [5.41, 5.74) is 6.10. The fraction of sp³-hybridized carbons (Fsp3) is 0.444. The van der Waals surface area contributed by atoms with Crippen molar-refractivity contribution in [2.45, 2.75) is 6.04 Å². The molecule has 0 aromatic carbocycles. The van der Waals surface area contributed by atoms with Crippen LogP contribution in [0.15, 0.2) is 24.9 Å². The molecular weight excluding hydrogens is 166 g/mol. The molecule has 4 heteroatoms. The third-order valence-corrected chi connectivity index (χ3v) is 2.13. The highest BCUT2D eigenvalue weighted by Crippen LogP contribution is 2.08. The van der Waals surface area contributed by atoms with Crippen LogP contribution in [0.4, 0.5) is 0 Å². The maximum atomic E-state index is 11.4. The van der Waals surface area contributed by atoms with Gasteiger partial charge in [0.15, 0.2) is 0 Å². The average molecular weight is 181 g/mol. The molecule has 72 valence electrons. The van der Waals surface area contributed by atoms with E-state index in [2.05, 4.69) is 18.5 Å². The van der Waals surface area contributed by atoms with Crippen molar-refractivity contribution in [2.24, 2.45) is 5.73 Å². The molecule has 0 saturated carbocycles. The van der Waals surface area contributed by atoms with Crippen molar-refractivity contribution < 1.29 is 4.79 Å². The second kappa shape index (κ2) is 4.09. The van der Waals surface area contributed by atoms with Crippen LogP contribution in [-0.2, 0) is 4.79 Å². The summed E-state index contributed by atoms with van der Waals surface area (Å²) in [6.07, 6.45) is 1.31. The van der Waals surface area contributed by atoms with E-state index in [9.17, 15) is 4.79 Å². The molecule has 1 aliphatic heterocycles. The lowest BCUT2D eigenvalue weighted by Crippen LogP contribution is -2.54. The number of amides is 1. The van der Waals surface area contributed by atoms with Crippen molar-refractivity contribution >= 4 is 5.91 Å². The predicted octanol–water partition coefficient (Wildman–Crippen LogP) is -0.555. The van der Waals surface area contributed by atoms with E-state index in [0.717, 1.165) is 6.54 Å². The second-order valence-electron chi connectivity index (χ2n) is 3.03. The summed E-state index contributed by atoms with van der Waals surface area (Å²) in [6.45, 7) is 9.23. The zero-order valence-electron chi connectivity index (χ0n) is 7.62. The van der Waals surface area contributed by atoms with Gasteiger partial charge in [-0.15, -0.1) is 0 Å². The largest absolute Gasteiger partial charge is 0.401 e. The van der Waals surface area contributed by atoms with Crippen molar-refractivity contribution in [3.63, 3.8) is 0 Å². The Labute approximate surface area is 78.1 Å². The third kappa shape index (κ3) is 2.09. The fourth-order valence-corrected chi connectivity index (χ4v) is 1.42. The summed E-state index contributed by atoms with van der Waals surface area (Å²) >= 11 is 0. The van der Waals surface area contributed by atoms with Gasteiger partial charge in [0.1, 0.15) is 0 Å². The van der Waals surface area contributed by atoms with Gasteiger partial charge >= 0.3 is 0 Å². The van der Waals surface area contributed by atoms with Gasteiger partial charge in [-0.3, -0.25) is 4.79 Å². The van der Waals surface area contributed by atoms with Gasteiger partial charge in [0.2, 0.25) is 5.91 Å². The minimum Gasteiger partial charge on any atom is -0.401 e. The Morgan fingerprint density at radius 2 is 2.38 bits per heavy atom. The van der Waals surface area contributed by atoms with Crippen LogP contribution < -0.4 is 11.1 Å². The highest BCUT2D eigenvalue weighted by Gasteiger charge is 2.25. The Bertz CT molecular complexity index is 237. The number of carbonyl (C=O) groups excluding carboxylic acids is 1. The Morgan fingerprint density at radius 3 is 2.92 bits per heavy atom. The van der Waals surface area contributed by atoms with Gasteiger partial charge in [0.05, 0.1) is 6.04 Å². The predicted molar refractivity (Wildman–Crippen MR) is 51.9 cm³/mol. The molecule has 13 heavy (non-hydrogen) atoms. The summed E-state index contributed by atoms with van der Waals surface area (Å²) in [5.74, 6) is -0.0851. The Morgan fingerprint density at radius 1 is 1.69 bits per heavy atom. The van der Waals surface area contributed by atoms with E-state index in [0.29, 0.717) is 18.8 Å². The van der Waals surface area contributed by atoms with E-state index in [-0.39, 0.29) is 11.9 Å². The maximum Gasteiger partial charge on any atom is 0.246 e. The van der Waals surface area contributed by atoms with Crippen molar-refractivity contribution in [1.29, 1.82) is 0 Å². The van der Waals surface area contributed by atoms with Crippen LogP contribution in [0.5, 0.6) is 0 Å². The van der Waals surface area contributed by atoms with Gasteiger partial charge in [0.25, 0.3) is 0 Å². The molecule has 0 bridgehead atoms. The molecule has 1 atom stereocenters. The molecule has 1 rings (SSSR count). The lowest BCUT2D eigenvalue weighted by Gasteiger charge is -2.35. The summed E-state index contributed by atoms with van der Waals surface area (Å²) in [5, 5.41) is 3.16. The normalized spacial score (nSPS) is 22.5. The van der Waals surface area contributed by atoms with E-state index in [1.165, 1.54) is 6.08 Å². The number of hydrogen-bond acceptors (Lipinski definition) is 3. The van der Waals surface area contributed by atoms with E-state index >= 15 is 0 Å². The number of carbonyl (C=O) groups is 1. The number of rotatable bonds is 2. The first-order chi connectivity index (χ1) is 6.16. The molecule has 1 aliphatic rings. The van der Waals surface area contributed by atoms with E-state index < -0.39 is 0 Å². The standard InChI is InChI=1S/C9H15N3O/c1-3-9(13)12-5-4-11-6-8(12)7(2)10/h3,8,11H,1-2,4-6,10H2/t8-/m0/s1. The first kappa shape index (κ1) is 9.80. The van der Waals surface area contributed by atoms with E-state index in [1.54, 1.807) is 4.90 Å². The van der Waals surface area contributed by atoms with Gasteiger partial charge in [-0.1, -0.05) is 13.2 Å². The molecular formula is C9H15N3O. The Kier molecular flexibility index (Phi) is 3.08. The summed E-state index contributed by atoms with van der Waals surface area (Å²) < 4.78 is 0. The first-order valence-electron chi connectivity index (χ1n) is 4.25. The summed E-state index contributed by atoms with van der Waals surface area (Å²) in [6, 6.07) is -0.0979. The number of hydrogen-bond donors (Lipinski definition) is 2. The van der Waals surface area contributed by atoms with Crippen molar-refractivity contribution in [1.82, 2.24) is 10.2 Å². The maximum absolute atomic E-state index is 11.4. The molecule has 1 saturated heterocycles. The monoisotopic (exact) mass is 181 g/mol. The SMILES string of the molecule is C=CC(=O)N1CCNC[C@H]1C(=C)N. The molecule has 0 aliphatic carbocycles. The van der Waals surface area contributed by atoms with Crippen LogP contribution >= 0.6 is 0 Å². The van der Waals surface area contributed by atoms with Crippen LogP contribution in [-0.4, -0.2) is 36.5 Å². The van der Waals surface area contributed by atoms with Crippen LogP contribution in [0.2, 0.25) is 0 Å². The highest BCUT2D eigenvalue weighted by molar-refractivity contribution is 5.87. The van der Waals surface area contributed by atoms with Crippen molar-refractivity contribution in [3.8, 4) is 0 Å². The van der Waals surface area contributed by atoms with Crippen molar-refractivity contribution in [2.75, 3.05) is 19.6 Å². The number of nitrogens with zero attached hydrogens (tertiary/aromatic N) is 1. The van der Waals surface area contributed by atoms with Crippen LogP contribution in [0.25, 0.3) is 0 Å². The summed E-state index contributed by atoms with van der Waals surface area (Å²) in [4.78, 5) is 13.1. The lowest BCUT2D eigenvalue weighted by atomic mass is 10.1. The fourth-order valence-electron chi connectivity index (χ4n) is 1.42. The van der Waals surface area contributed by atoms with Crippen molar-refractivity contribution in [3.05, 3.63) is 24.9 Å². The number of piperazine rings is 1. The van der Waals surface area contributed by atoms with Gasteiger partial charge in [-0.2, -0.15) is 0 Å². The van der Waals surface area contributed by atoms with E-state index in [1.807, 2.05) is 0 Å². The van der Waals surface area contributed by atoms with Crippen LogP contribution in [0, 0.1) is 0 Å². The molecule has 0 unspecified atom stereocenters. The molecule has 3 N–H and O–H groups in total. The summed E-state index contributed by atoms with van der Waals surface area (Å²) in [7, 11) is 0. The molecule has 0 radical (unpaired) electrons. The molecule has 0 spiro atoms. The van der Waals surface area contributed by atoms with Gasteiger partial charge in [-0.25, -0.2) is 0 Å². The zero-order valence-corrected chi connectivity index (χ0v) is 7.62. The van der Waals surface area contributed by atoms with Gasteiger partial charge in [-0.05, 0) is 6.08 Å². The topological polar surface area (TPSA) is 58.4 Å². The molecule has 0 aromatic rings. The second-order valence-corrected chi connectivity index (χ2v) is 3.03. The molecule has 1 heterocycles. The van der Waals surface area contributed by atoms with Crippen LogP contribution in [0.1, 0.15) is 0 Å². The minimum absolute atomic E-state index is 0.0851.